The number of rotatable bonds is 2. The smallest absolute Gasteiger partial charge is 0.118 e. The molecule has 0 N–H and O–H groups in total. The SMILES string of the molecule is Cc1ccc(CN2CCCSCC2)o1. The Bertz CT molecular complexity index is 277. The zero-order valence-corrected chi connectivity index (χ0v) is 9.48. The molecule has 1 saturated heterocycles. The van der Waals surface area contributed by atoms with Crippen LogP contribution in [0.25, 0.3) is 0 Å². The predicted octanol–water partition coefficient (Wildman–Crippen LogP) is 2.53. The molecule has 2 rings (SSSR count). The molecule has 1 aromatic heterocycles. The highest BCUT2D eigenvalue weighted by Crippen LogP contribution is 2.14. The number of thioether (sulfide) groups is 1. The molecule has 0 aromatic carbocycles. The fraction of sp³-hybridized carbons (Fsp3) is 0.636. The van der Waals surface area contributed by atoms with Crippen LogP contribution in [0, 0.1) is 6.92 Å². The molecule has 0 bridgehead atoms. The zero-order valence-electron chi connectivity index (χ0n) is 8.66. The van der Waals surface area contributed by atoms with E-state index in [2.05, 4.69) is 22.7 Å². The van der Waals surface area contributed by atoms with E-state index in [-0.39, 0.29) is 0 Å². The average molecular weight is 211 g/mol. The van der Waals surface area contributed by atoms with Gasteiger partial charge in [-0.25, -0.2) is 0 Å². The van der Waals surface area contributed by atoms with E-state index in [0.717, 1.165) is 18.1 Å². The van der Waals surface area contributed by atoms with Crippen molar-refractivity contribution in [2.24, 2.45) is 0 Å². The summed E-state index contributed by atoms with van der Waals surface area (Å²) in [6.07, 6.45) is 1.31. The van der Waals surface area contributed by atoms with Gasteiger partial charge in [0.05, 0.1) is 6.54 Å². The van der Waals surface area contributed by atoms with Crippen molar-refractivity contribution in [1.82, 2.24) is 4.90 Å². The Balaban J connectivity index is 1.89. The lowest BCUT2D eigenvalue weighted by Crippen LogP contribution is -2.25. The van der Waals surface area contributed by atoms with E-state index in [1.807, 2.05) is 13.0 Å². The van der Waals surface area contributed by atoms with Crippen LogP contribution in [0.1, 0.15) is 17.9 Å². The number of furan rings is 1. The summed E-state index contributed by atoms with van der Waals surface area (Å²) < 4.78 is 5.58. The van der Waals surface area contributed by atoms with Crippen LogP contribution in [0.15, 0.2) is 16.5 Å². The summed E-state index contributed by atoms with van der Waals surface area (Å²) in [4.78, 5) is 2.48. The highest BCUT2D eigenvalue weighted by atomic mass is 32.2. The van der Waals surface area contributed by atoms with Gasteiger partial charge in [-0.05, 0) is 37.8 Å². The molecule has 1 aromatic rings. The van der Waals surface area contributed by atoms with Crippen LogP contribution in [-0.4, -0.2) is 29.5 Å². The van der Waals surface area contributed by atoms with Crippen molar-refractivity contribution in [2.75, 3.05) is 24.6 Å². The molecule has 78 valence electrons. The van der Waals surface area contributed by atoms with Gasteiger partial charge in [0.15, 0.2) is 0 Å². The van der Waals surface area contributed by atoms with Gasteiger partial charge in [-0.15, -0.1) is 0 Å². The third-order valence-electron chi connectivity index (χ3n) is 2.49. The molecule has 1 fully saturated rings. The first-order valence-corrected chi connectivity index (χ1v) is 6.35. The minimum Gasteiger partial charge on any atom is -0.465 e. The number of hydrogen-bond donors (Lipinski definition) is 0. The van der Waals surface area contributed by atoms with Crippen molar-refractivity contribution in [3.05, 3.63) is 23.7 Å². The van der Waals surface area contributed by atoms with Crippen molar-refractivity contribution in [3.63, 3.8) is 0 Å². The maximum atomic E-state index is 5.58. The van der Waals surface area contributed by atoms with Gasteiger partial charge in [-0.2, -0.15) is 11.8 Å². The van der Waals surface area contributed by atoms with Crippen LogP contribution < -0.4 is 0 Å². The molecular formula is C11H17NOS. The first-order valence-electron chi connectivity index (χ1n) is 5.20. The van der Waals surface area contributed by atoms with E-state index in [1.54, 1.807) is 0 Å². The van der Waals surface area contributed by atoms with Crippen molar-refractivity contribution in [3.8, 4) is 0 Å². The molecule has 1 aliphatic heterocycles. The molecule has 0 saturated carbocycles. The van der Waals surface area contributed by atoms with Crippen LogP contribution >= 0.6 is 11.8 Å². The first-order chi connectivity index (χ1) is 6.84. The van der Waals surface area contributed by atoms with Gasteiger partial charge in [0.25, 0.3) is 0 Å². The summed E-state index contributed by atoms with van der Waals surface area (Å²) in [6.45, 7) is 5.40. The molecule has 0 radical (unpaired) electrons. The van der Waals surface area contributed by atoms with Gasteiger partial charge in [0.1, 0.15) is 11.5 Å². The maximum absolute atomic E-state index is 5.58. The molecular weight excluding hydrogens is 194 g/mol. The lowest BCUT2D eigenvalue weighted by atomic mass is 10.3. The monoisotopic (exact) mass is 211 g/mol. The second kappa shape index (κ2) is 4.89. The lowest BCUT2D eigenvalue weighted by molar-refractivity contribution is 0.260. The van der Waals surface area contributed by atoms with Crippen LogP contribution in [0.4, 0.5) is 0 Å². The molecule has 2 heterocycles. The molecule has 0 aliphatic carbocycles. The standard InChI is InChI=1S/C11H17NOS/c1-10-3-4-11(13-10)9-12-5-2-7-14-8-6-12/h3-4H,2,5-9H2,1H3. The maximum Gasteiger partial charge on any atom is 0.118 e. The highest BCUT2D eigenvalue weighted by Gasteiger charge is 2.10. The van der Waals surface area contributed by atoms with Crippen molar-refractivity contribution < 1.29 is 4.42 Å². The van der Waals surface area contributed by atoms with Crippen LogP contribution in [0.5, 0.6) is 0 Å². The summed E-state index contributed by atoms with van der Waals surface area (Å²) in [5.41, 5.74) is 0. The summed E-state index contributed by atoms with van der Waals surface area (Å²) in [5, 5.41) is 0. The molecule has 14 heavy (non-hydrogen) atoms. The Morgan fingerprint density at radius 1 is 1.36 bits per heavy atom. The molecule has 1 aliphatic rings. The van der Waals surface area contributed by atoms with Crippen LogP contribution in [0.3, 0.4) is 0 Å². The Morgan fingerprint density at radius 2 is 2.29 bits per heavy atom. The van der Waals surface area contributed by atoms with Gasteiger partial charge < -0.3 is 4.42 Å². The van der Waals surface area contributed by atoms with Gasteiger partial charge in [-0.1, -0.05) is 0 Å². The summed E-state index contributed by atoms with van der Waals surface area (Å²) in [6, 6.07) is 4.13. The van der Waals surface area contributed by atoms with Crippen LogP contribution in [0.2, 0.25) is 0 Å². The molecule has 2 nitrogen and oxygen atoms in total. The molecule has 3 heteroatoms. The van der Waals surface area contributed by atoms with E-state index in [9.17, 15) is 0 Å². The van der Waals surface area contributed by atoms with E-state index in [0.29, 0.717) is 0 Å². The Kier molecular flexibility index (Phi) is 3.54. The Labute approximate surface area is 89.7 Å². The Morgan fingerprint density at radius 3 is 3.07 bits per heavy atom. The van der Waals surface area contributed by atoms with E-state index < -0.39 is 0 Å². The number of aryl methyl sites for hydroxylation is 1. The minimum absolute atomic E-state index is 0.981. The fourth-order valence-corrected chi connectivity index (χ4v) is 2.67. The van der Waals surface area contributed by atoms with Crippen molar-refractivity contribution in [1.29, 1.82) is 0 Å². The zero-order chi connectivity index (χ0) is 9.80. The largest absolute Gasteiger partial charge is 0.465 e. The number of hydrogen-bond acceptors (Lipinski definition) is 3. The second-order valence-electron chi connectivity index (χ2n) is 3.75. The predicted molar refractivity (Wildman–Crippen MR) is 60.7 cm³/mol. The number of nitrogens with zero attached hydrogens (tertiary/aromatic N) is 1. The summed E-state index contributed by atoms with van der Waals surface area (Å²) in [7, 11) is 0. The highest BCUT2D eigenvalue weighted by molar-refractivity contribution is 7.99. The minimum atomic E-state index is 0.981. The van der Waals surface area contributed by atoms with Gasteiger partial charge in [0.2, 0.25) is 0 Å². The molecule has 0 unspecified atom stereocenters. The Hall–Kier alpha value is -0.410. The first kappa shape index (κ1) is 10.1. The molecule has 0 amide bonds. The lowest BCUT2D eigenvalue weighted by Gasteiger charge is -2.17. The van der Waals surface area contributed by atoms with E-state index in [4.69, 9.17) is 4.42 Å². The summed E-state index contributed by atoms with van der Waals surface area (Å²) >= 11 is 2.06. The third kappa shape index (κ3) is 2.79. The van der Waals surface area contributed by atoms with E-state index >= 15 is 0 Å². The van der Waals surface area contributed by atoms with Gasteiger partial charge >= 0.3 is 0 Å². The van der Waals surface area contributed by atoms with Gasteiger partial charge in [0, 0.05) is 12.3 Å². The second-order valence-corrected chi connectivity index (χ2v) is 4.98. The third-order valence-corrected chi connectivity index (χ3v) is 3.54. The van der Waals surface area contributed by atoms with Crippen LogP contribution in [-0.2, 0) is 6.54 Å². The van der Waals surface area contributed by atoms with Crippen molar-refractivity contribution >= 4 is 11.8 Å². The molecule has 0 spiro atoms. The normalized spacial score (nSPS) is 19.5. The quantitative estimate of drug-likeness (QED) is 0.748. The fourth-order valence-electron chi connectivity index (χ4n) is 1.75. The van der Waals surface area contributed by atoms with E-state index in [1.165, 1.54) is 31.0 Å². The average Bonchev–Trinajstić information content (AvgIpc) is 2.43. The summed E-state index contributed by atoms with van der Waals surface area (Å²) in [5.74, 6) is 4.70. The topological polar surface area (TPSA) is 16.4 Å². The van der Waals surface area contributed by atoms with Crippen molar-refractivity contribution in [2.45, 2.75) is 19.9 Å². The van der Waals surface area contributed by atoms with Gasteiger partial charge in [-0.3, -0.25) is 4.90 Å². The molecule has 0 atom stereocenters.